The molecule has 2 nitrogen and oxygen atoms in total. The molecule has 1 aromatic heterocycles. The first kappa shape index (κ1) is 13.7. The molecule has 0 radical (unpaired) electrons. The van der Waals surface area contributed by atoms with Crippen molar-refractivity contribution in [1.82, 2.24) is 4.57 Å². The summed E-state index contributed by atoms with van der Waals surface area (Å²) < 4.78 is 16.1. The molecule has 0 fully saturated rings. The van der Waals surface area contributed by atoms with E-state index >= 15 is 0 Å². The molecule has 0 aliphatic heterocycles. The van der Waals surface area contributed by atoms with Crippen LogP contribution in [0.5, 0.6) is 0 Å². The number of rotatable bonds is 2. The lowest BCUT2D eigenvalue weighted by Gasteiger charge is -2.13. The van der Waals surface area contributed by atoms with Gasteiger partial charge in [-0.15, -0.1) is 0 Å². The smallest absolute Gasteiger partial charge is 0.264 e. The van der Waals surface area contributed by atoms with Crippen LogP contribution in [-0.4, -0.2) is 4.57 Å². The Morgan fingerprint density at radius 3 is 2.67 bits per heavy atom. The zero-order valence-corrected chi connectivity index (χ0v) is 13.3. The van der Waals surface area contributed by atoms with Crippen molar-refractivity contribution < 1.29 is 4.39 Å². The van der Waals surface area contributed by atoms with Gasteiger partial charge in [-0.1, -0.05) is 0 Å². The van der Waals surface area contributed by atoms with Gasteiger partial charge in [0.05, 0.1) is 9.26 Å². The fraction of sp³-hybridized carbons (Fsp3) is 0.154. The molecule has 0 unspecified atom stereocenters. The Kier molecular flexibility index (Phi) is 4.21. The van der Waals surface area contributed by atoms with Gasteiger partial charge in [-0.2, -0.15) is 0 Å². The highest BCUT2D eigenvalue weighted by Crippen LogP contribution is 2.28. The maximum Gasteiger partial charge on any atom is 0.264 e. The Morgan fingerprint density at radius 2 is 2.06 bits per heavy atom. The standard InChI is InChI=1S/C13H10BrFINO/c1-2-17-12(6-5-11(16)13(17)18)9-4-3-8(15)7-10(9)14/h3-7H,2H2,1H3. The molecule has 0 spiro atoms. The second kappa shape index (κ2) is 5.52. The summed E-state index contributed by atoms with van der Waals surface area (Å²) in [5, 5.41) is 0. The van der Waals surface area contributed by atoms with Crippen LogP contribution in [0.4, 0.5) is 4.39 Å². The van der Waals surface area contributed by atoms with E-state index < -0.39 is 0 Å². The predicted octanol–water partition coefficient (Wildman–Crippen LogP) is 4.04. The third-order valence-electron chi connectivity index (χ3n) is 2.65. The van der Waals surface area contributed by atoms with Gasteiger partial charge in [0.25, 0.3) is 5.56 Å². The minimum absolute atomic E-state index is 0.0215. The summed E-state index contributed by atoms with van der Waals surface area (Å²) in [6.45, 7) is 2.49. The molecule has 1 aromatic carbocycles. The van der Waals surface area contributed by atoms with Crippen LogP contribution >= 0.6 is 38.5 Å². The number of nitrogens with zero attached hydrogens (tertiary/aromatic N) is 1. The summed E-state index contributed by atoms with van der Waals surface area (Å²) in [6.07, 6.45) is 0. The van der Waals surface area contributed by atoms with Gasteiger partial charge in [0.2, 0.25) is 0 Å². The molecular formula is C13H10BrFINO. The monoisotopic (exact) mass is 421 g/mol. The van der Waals surface area contributed by atoms with E-state index in [1.165, 1.54) is 12.1 Å². The number of aromatic nitrogens is 1. The summed E-state index contributed by atoms with van der Waals surface area (Å²) in [6, 6.07) is 8.12. The molecule has 2 aromatic rings. The van der Waals surface area contributed by atoms with Crippen LogP contribution in [0.1, 0.15) is 6.92 Å². The van der Waals surface area contributed by atoms with Crippen molar-refractivity contribution in [2.75, 3.05) is 0 Å². The average molecular weight is 422 g/mol. The van der Waals surface area contributed by atoms with E-state index in [0.717, 1.165) is 11.3 Å². The Labute approximate surface area is 126 Å². The van der Waals surface area contributed by atoms with Crippen LogP contribution in [-0.2, 0) is 6.54 Å². The highest BCUT2D eigenvalue weighted by atomic mass is 127. The molecule has 0 aliphatic carbocycles. The summed E-state index contributed by atoms with van der Waals surface area (Å²) in [7, 11) is 0. The minimum Gasteiger partial charge on any atom is -0.308 e. The Bertz CT molecular complexity index is 654. The zero-order chi connectivity index (χ0) is 13.3. The SMILES string of the molecule is CCn1c(-c2ccc(F)cc2Br)ccc(I)c1=O. The first-order valence-corrected chi connectivity index (χ1v) is 7.26. The van der Waals surface area contributed by atoms with E-state index in [0.29, 0.717) is 14.6 Å². The zero-order valence-electron chi connectivity index (χ0n) is 9.58. The van der Waals surface area contributed by atoms with Crippen LogP contribution in [0, 0.1) is 9.39 Å². The molecular weight excluding hydrogens is 412 g/mol. The third kappa shape index (κ3) is 2.51. The van der Waals surface area contributed by atoms with Gasteiger partial charge >= 0.3 is 0 Å². The quantitative estimate of drug-likeness (QED) is 0.670. The first-order valence-electron chi connectivity index (χ1n) is 5.39. The highest BCUT2D eigenvalue weighted by Gasteiger charge is 2.11. The summed E-state index contributed by atoms with van der Waals surface area (Å²) in [5.41, 5.74) is 1.58. The fourth-order valence-electron chi connectivity index (χ4n) is 1.80. The summed E-state index contributed by atoms with van der Waals surface area (Å²) in [5.74, 6) is -0.304. The van der Waals surface area contributed by atoms with Crippen molar-refractivity contribution >= 4 is 38.5 Å². The summed E-state index contributed by atoms with van der Waals surface area (Å²) >= 11 is 5.35. The Balaban J connectivity index is 2.71. The molecule has 5 heteroatoms. The van der Waals surface area contributed by atoms with Gasteiger partial charge in [-0.3, -0.25) is 4.79 Å². The second-order valence-electron chi connectivity index (χ2n) is 3.74. The molecule has 2 rings (SSSR count). The molecule has 0 amide bonds. The molecule has 0 saturated heterocycles. The Hall–Kier alpha value is -0.690. The summed E-state index contributed by atoms with van der Waals surface area (Å²) in [4.78, 5) is 12.0. The maximum absolute atomic E-state index is 13.1. The van der Waals surface area contributed by atoms with E-state index in [1.54, 1.807) is 16.7 Å². The van der Waals surface area contributed by atoms with E-state index in [9.17, 15) is 9.18 Å². The lowest BCUT2D eigenvalue weighted by molar-refractivity contribution is 0.627. The lowest BCUT2D eigenvalue weighted by atomic mass is 10.1. The fourth-order valence-corrected chi connectivity index (χ4v) is 2.82. The van der Waals surface area contributed by atoms with E-state index in [4.69, 9.17) is 0 Å². The number of hydrogen-bond donors (Lipinski definition) is 0. The molecule has 0 N–H and O–H groups in total. The Morgan fingerprint density at radius 1 is 1.33 bits per heavy atom. The van der Waals surface area contributed by atoms with Crippen molar-refractivity contribution in [3.63, 3.8) is 0 Å². The van der Waals surface area contributed by atoms with Crippen LogP contribution in [0.15, 0.2) is 39.6 Å². The molecule has 0 bridgehead atoms. The number of pyridine rings is 1. The average Bonchev–Trinajstić information content (AvgIpc) is 2.33. The number of halogens is 3. The van der Waals surface area contributed by atoms with E-state index in [2.05, 4.69) is 15.9 Å². The predicted molar refractivity (Wildman–Crippen MR) is 82.2 cm³/mol. The highest BCUT2D eigenvalue weighted by molar-refractivity contribution is 14.1. The molecule has 0 atom stereocenters. The van der Waals surface area contributed by atoms with Gasteiger partial charge < -0.3 is 4.57 Å². The van der Waals surface area contributed by atoms with Gasteiger partial charge in [0.15, 0.2) is 0 Å². The van der Waals surface area contributed by atoms with Gasteiger partial charge in [0, 0.05) is 16.6 Å². The molecule has 0 aliphatic rings. The van der Waals surface area contributed by atoms with Crippen molar-refractivity contribution in [3.8, 4) is 11.3 Å². The molecule has 94 valence electrons. The van der Waals surface area contributed by atoms with Gasteiger partial charge in [-0.25, -0.2) is 4.39 Å². The van der Waals surface area contributed by atoms with Crippen molar-refractivity contribution in [2.24, 2.45) is 0 Å². The number of hydrogen-bond acceptors (Lipinski definition) is 1. The molecule has 0 saturated carbocycles. The van der Waals surface area contributed by atoms with Crippen molar-refractivity contribution in [1.29, 1.82) is 0 Å². The second-order valence-corrected chi connectivity index (χ2v) is 5.76. The van der Waals surface area contributed by atoms with E-state index in [-0.39, 0.29) is 11.4 Å². The third-order valence-corrected chi connectivity index (χ3v) is 4.13. The normalized spacial score (nSPS) is 10.7. The number of benzene rings is 1. The lowest BCUT2D eigenvalue weighted by Crippen LogP contribution is -2.22. The van der Waals surface area contributed by atoms with Crippen LogP contribution in [0.25, 0.3) is 11.3 Å². The molecule has 18 heavy (non-hydrogen) atoms. The first-order chi connectivity index (χ1) is 8.54. The van der Waals surface area contributed by atoms with E-state index in [1.807, 2.05) is 35.6 Å². The van der Waals surface area contributed by atoms with Crippen molar-refractivity contribution in [2.45, 2.75) is 13.5 Å². The van der Waals surface area contributed by atoms with Crippen molar-refractivity contribution in [3.05, 3.63) is 54.5 Å². The van der Waals surface area contributed by atoms with Gasteiger partial charge in [-0.05, 0) is 75.8 Å². The molecule has 1 heterocycles. The largest absolute Gasteiger partial charge is 0.308 e. The minimum atomic E-state index is -0.304. The van der Waals surface area contributed by atoms with Crippen LogP contribution in [0.2, 0.25) is 0 Å². The topological polar surface area (TPSA) is 22.0 Å². The maximum atomic E-state index is 13.1. The van der Waals surface area contributed by atoms with Gasteiger partial charge in [0.1, 0.15) is 5.82 Å². The van der Waals surface area contributed by atoms with Crippen LogP contribution < -0.4 is 5.56 Å². The van der Waals surface area contributed by atoms with Crippen LogP contribution in [0.3, 0.4) is 0 Å².